The summed E-state index contributed by atoms with van der Waals surface area (Å²) in [4.78, 5) is 13.3. The van der Waals surface area contributed by atoms with Gasteiger partial charge in [0.15, 0.2) is 5.79 Å². The van der Waals surface area contributed by atoms with Gasteiger partial charge in [0.05, 0.1) is 32.4 Å². The molecule has 1 aromatic rings. The molecule has 0 amide bonds. The van der Waals surface area contributed by atoms with E-state index in [0.717, 1.165) is 25.0 Å². The van der Waals surface area contributed by atoms with Crippen LogP contribution >= 0.6 is 0 Å². The molecule has 1 spiro atoms. The minimum absolute atomic E-state index is 0.138. The van der Waals surface area contributed by atoms with E-state index in [0.29, 0.717) is 39.5 Å². The van der Waals surface area contributed by atoms with Crippen LogP contribution in [0.3, 0.4) is 0 Å². The van der Waals surface area contributed by atoms with Crippen LogP contribution in [-0.4, -0.2) is 62.6 Å². The standard InChI is InChI=1S/C17H24N2O4/c20-12-15-11-17(22-9-10-23-17)13-19(15)14-18-7-4-8-21-16-5-2-1-3-6-16/h1-3,5-6,12,15,18H,4,7-11,13-14H2. The first-order chi connectivity index (χ1) is 11.3. The van der Waals surface area contributed by atoms with Crippen molar-refractivity contribution in [1.29, 1.82) is 0 Å². The Morgan fingerprint density at radius 1 is 1.30 bits per heavy atom. The predicted octanol–water partition coefficient (Wildman–Crippen LogP) is 1.02. The van der Waals surface area contributed by atoms with Gasteiger partial charge in [-0.2, -0.15) is 0 Å². The molecule has 2 saturated heterocycles. The Balaban J connectivity index is 1.33. The van der Waals surface area contributed by atoms with Gasteiger partial charge in [-0.3, -0.25) is 4.90 Å². The number of nitrogens with zero attached hydrogens (tertiary/aromatic N) is 1. The first-order valence-electron chi connectivity index (χ1n) is 8.17. The molecule has 0 saturated carbocycles. The van der Waals surface area contributed by atoms with Gasteiger partial charge in [0.1, 0.15) is 12.0 Å². The van der Waals surface area contributed by atoms with Crippen LogP contribution in [0.5, 0.6) is 5.75 Å². The number of hydrogen-bond donors (Lipinski definition) is 1. The minimum atomic E-state index is -0.566. The normalized spacial score (nSPS) is 23.4. The summed E-state index contributed by atoms with van der Waals surface area (Å²) in [6.45, 7) is 4.04. The average molecular weight is 320 g/mol. The summed E-state index contributed by atoms with van der Waals surface area (Å²) < 4.78 is 17.0. The van der Waals surface area contributed by atoms with Gasteiger partial charge >= 0.3 is 0 Å². The predicted molar refractivity (Wildman–Crippen MR) is 85.2 cm³/mol. The second-order valence-electron chi connectivity index (χ2n) is 5.94. The maximum Gasteiger partial charge on any atom is 0.183 e. The zero-order valence-corrected chi connectivity index (χ0v) is 13.3. The molecule has 1 N–H and O–H groups in total. The van der Waals surface area contributed by atoms with Crippen molar-refractivity contribution in [2.75, 3.05) is 39.6 Å². The quantitative estimate of drug-likeness (QED) is 0.570. The summed E-state index contributed by atoms with van der Waals surface area (Å²) in [6, 6.07) is 9.66. The van der Waals surface area contributed by atoms with Crippen molar-refractivity contribution in [3.05, 3.63) is 30.3 Å². The molecular formula is C17H24N2O4. The number of carbonyl (C=O) groups is 1. The van der Waals surface area contributed by atoms with Crippen LogP contribution in [0.1, 0.15) is 12.8 Å². The Hall–Kier alpha value is -1.47. The van der Waals surface area contributed by atoms with E-state index in [-0.39, 0.29) is 6.04 Å². The third-order valence-corrected chi connectivity index (χ3v) is 4.23. The zero-order chi connectivity index (χ0) is 16.0. The number of likely N-dealkylation sites (tertiary alicyclic amines) is 1. The molecule has 1 unspecified atom stereocenters. The van der Waals surface area contributed by atoms with E-state index in [4.69, 9.17) is 14.2 Å². The van der Waals surface area contributed by atoms with E-state index in [1.807, 2.05) is 30.3 Å². The lowest BCUT2D eigenvalue weighted by Gasteiger charge is -2.22. The molecular weight excluding hydrogens is 296 g/mol. The molecule has 6 nitrogen and oxygen atoms in total. The average Bonchev–Trinajstić information content (AvgIpc) is 3.19. The van der Waals surface area contributed by atoms with Crippen LogP contribution in [0, 0.1) is 0 Å². The molecule has 1 atom stereocenters. The summed E-state index contributed by atoms with van der Waals surface area (Å²) in [6.07, 6.45) is 2.52. The van der Waals surface area contributed by atoms with E-state index in [9.17, 15) is 4.79 Å². The Morgan fingerprint density at radius 3 is 2.83 bits per heavy atom. The number of para-hydroxylation sites is 1. The number of carbonyl (C=O) groups excluding carboxylic acids is 1. The number of ether oxygens (including phenoxy) is 3. The van der Waals surface area contributed by atoms with Gasteiger partial charge < -0.3 is 24.3 Å². The van der Waals surface area contributed by atoms with Crippen LogP contribution in [0.25, 0.3) is 0 Å². The minimum Gasteiger partial charge on any atom is -0.494 e. The zero-order valence-electron chi connectivity index (χ0n) is 13.3. The SMILES string of the molecule is O=CC1CC2(CN1CNCCCOc1ccccc1)OCCO2. The van der Waals surface area contributed by atoms with E-state index in [2.05, 4.69) is 10.2 Å². The molecule has 2 aliphatic heterocycles. The number of benzene rings is 1. The molecule has 126 valence electrons. The van der Waals surface area contributed by atoms with E-state index in [1.165, 1.54) is 0 Å². The van der Waals surface area contributed by atoms with Crippen LogP contribution in [0.4, 0.5) is 0 Å². The Bertz CT molecular complexity index is 491. The van der Waals surface area contributed by atoms with Gasteiger partial charge in [0, 0.05) is 13.1 Å². The summed E-state index contributed by atoms with van der Waals surface area (Å²) in [5.41, 5.74) is 0. The second kappa shape index (κ2) is 7.88. The summed E-state index contributed by atoms with van der Waals surface area (Å²) in [5.74, 6) is 0.328. The summed E-state index contributed by atoms with van der Waals surface area (Å²) in [7, 11) is 0. The van der Waals surface area contributed by atoms with Crippen LogP contribution in [-0.2, 0) is 14.3 Å². The largest absolute Gasteiger partial charge is 0.494 e. The van der Waals surface area contributed by atoms with Gasteiger partial charge in [-0.25, -0.2) is 0 Å². The highest BCUT2D eigenvalue weighted by atomic mass is 16.7. The van der Waals surface area contributed by atoms with Gasteiger partial charge in [-0.1, -0.05) is 18.2 Å². The number of aldehydes is 1. The van der Waals surface area contributed by atoms with Crippen LogP contribution < -0.4 is 10.1 Å². The monoisotopic (exact) mass is 320 g/mol. The first-order valence-corrected chi connectivity index (χ1v) is 8.17. The van der Waals surface area contributed by atoms with Gasteiger partial charge in [-0.15, -0.1) is 0 Å². The molecule has 6 heteroatoms. The lowest BCUT2D eigenvalue weighted by atomic mass is 10.2. The molecule has 0 aromatic heterocycles. The molecule has 0 radical (unpaired) electrons. The molecule has 3 rings (SSSR count). The Kier molecular flexibility index (Phi) is 5.61. The van der Waals surface area contributed by atoms with Crippen molar-refractivity contribution in [2.45, 2.75) is 24.7 Å². The fourth-order valence-electron chi connectivity index (χ4n) is 3.08. The summed E-state index contributed by atoms with van der Waals surface area (Å²) >= 11 is 0. The maximum atomic E-state index is 11.2. The van der Waals surface area contributed by atoms with Crippen molar-refractivity contribution in [3.8, 4) is 5.75 Å². The lowest BCUT2D eigenvalue weighted by molar-refractivity contribution is -0.146. The molecule has 2 heterocycles. The summed E-state index contributed by atoms with van der Waals surface area (Å²) in [5, 5.41) is 3.36. The molecule has 0 bridgehead atoms. The molecule has 2 aliphatic rings. The van der Waals surface area contributed by atoms with E-state index in [1.54, 1.807) is 0 Å². The fraction of sp³-hybridized carbons (Fsp3) is 0.588. The third kappa shape index (κ3) is 4.29. The molecule has 0 aliphatic carbocycles. The lowest BCUT2D eigenvalue weighted by Crippen LogP contribution is -2.41. The fourth-order valence-corrected chi connectivity index (χ4v) is 3.08. The van der Waals surface area contributed by atoms with Gasteiger partial charge in [-0.05, 0) is 25.1 Å². The third-order valence-electron chi connectivity index (χ3n) is 4.23. The second-order valence-corrected chi connectivity index (χ2v) is 5.94. The molecule has 1 aromatic carbocycles. The first kappa shape index (κ1) is 16.4. The number of hydrogen-bond acceptors (Lipinski definition) is 6. The highest BCUT2D eigenvalue weighted by Gasteiger charge is 2.48. The van der Waals surface area contributed by atoms with Crippen molar-refractivity contribution in [1.82, 2.24) is 10.2 Å². The van der Waals surface area contributed by atoms with Crippen molar-refractivity contribution in [2.24, 2.45) is 0 Å². The Labute approximate surface area is 136 Å². The number of rotatable bonds is 8. The van der Waals surface area contributed by atoms with Gasteiger partial charge in [0.25, 0.3) is 0 Å². The highest BCUT2D eigenvalue weighted by Crippen LogP contribution is 2.33. The van der Waals surface area contributed by atoms with Crippen LogP contribution in [0.2, 0.25) is 0 Å². The molecule has 2 fully saturated rings. The number of nitrogens with one attached hydrogen (secondary N) is 1. The van der Waals surface area contributed by atoms with E-state index < -0.39 is 5.79 Å². The van der Waals surface area contributed by atoms with E-state index >= 15 is 0 Å². The topological polar surface area (TPSA) is 60.0 Å². The maximum absolute atomic E-state index is 11.2. The van der Waals surface area contributed by atoms with Gasteiger partial charge in [0.2, 0.25) is 0 Å². The van der Waals surface area contributed by atoms with Crippen LogP contribution in [0.15, 0.2) is 30.3 Å². The smallest absolute Gasteiger partial charge is 0.183 e. The van der Waals surface area contributed by atoms with Crippen molar-refractivity contribution < 1.29 is 19.0 Å². The molecule has 23 heavy (non-hydrogen) atoms. The highest BCUT2D eigenvalue weighted by molar-refractivity contribution is 5.58. The van der Waals surface area contributed by atoms with Crippen molar-refractivity contribution >= 4 is 6.29 Å². The Morgan fingerprint density at radius 2 is 2.09 bits per heavy atom. The van der Waals surface area contributed by atoms with Crippen molar-refractivity contribution in [3.63, 3.8) is 0 Å².